The van der Waals surface area contributed by atoms with Crippen LogP contribution in [0.2, 0.25) is 0 Å². The van der Waals surface area contributed by atoms with Crippen molar-refractivity contribution in [3.63, 3.8) is 0 Å². The zero-order valence-electron chi connectivity index (χ0n) is 13.4. The van der Waals surface area contributed by atoms with Crippen LogP contribution in [0.4, 0.5) is 0 Å². The molecule has 0 heterocycles. The lowest BCUT2D eigenvalue weighted by molar-refractivity contribution is -0.0316. The summed E-state index contributed by atoms with van der Waals surface area (Å²) in [5.41, 5.74) is 2.51. The van der Waals surface area contributed by atoms with Crippen LogP contribution < -0.4 is 0 Å². The molecule has 2 heteroatoms. The van der Waals surface area contributed by atoms with Crippen LogP contribution in [-0.4, -0.2) is 17.8 Å². The maximum absolute atomic E-state index is 8.68. The second-order valence-corrected chi connectivity index (χ2v) is 7.00. The van der Waals surface area contributed by atoms with Crippen molar-refractivity contribution >= 4 is 0 Å². The van der Waals surface area contributed by atoms with Gasteiger partial charge in [0.1, 0.15) is 6.61 Å². The molecule has 1 saturated carbocycles. The molecule has 1 aromatic rings. The van der Waals surface area contributed by atoms with Gasteiger partial charge < -0.3 is 9.84 Å². The number of benzene rings is 1. The molecule has 0 radical (unpaired) electrons. The van der Waals surface area contributed by atoms with Crippen LogP contribution in [-0.2, 0) is 11.3 Å². The molecule has 0 aliphatic heterocycles. The highest BCUT2D eigenvalue weighted by atomic mass is 16.5. The fraction of sp³-hybridized carbons (Fsp3) is 0.579. The maximum Gasteiger partial charge on any atom is 0.104 e. The van der Waals surface area contributed by atoms with E-state index in [1.165, 1.54) is 18.4 Å². The van der Waals surface area contributed by atoms with Gasteiger partial charge in [-0.3, -0.25) is 0 Å². The first-order valence-electron chi connectivity index (χ1n) is 7.79. The van der Waals surface area contributed by atoms with Crippen molar-refractivity contribution in [1.82, 2.24) is 0 Å². The minimum absolute atomic E-state index is 0.0967. The van der Waals surface area contributed by atoms with Gasteiger partial charge in [-0.05, 0) is 48.3 Å². The third kappa shape index (κ3) is 5.19. The van der Waals surface area contributed by atoms with Crippen molar-refractivity contribution in [3.05, 3.63) is 35.4 Å². The topological polar surface area (TPSA) is 29.5 Å². The van der Waals surface area contributed by atoms with Crippen molar-refractivity contribution in [2.45, 2.75) is 52.7 Å². The van der Waals surface area contributed by atoms with Crippen LogP contribution in [0, 0.1) is 23.2 Å². The monoisotopic (exact) mass is 286 g/mol. The molecule has 1 aliphatic rings. The van der Waals surface area contributed by atoms with Crippen molar-refractivity contribution in [1.29, 1.82) is 0 Å². The Morgan fingerprint density at radius 1 is 1.24 bits per heavy atom. The van der Waals surface area contributed by atoms with Crippen LogP contribution in [0.3, 0.4) is 0 Å². The average molecular weight is 286 g/mol. The summed E-state index contributed by atoms with van der Waals surface area (Å²) in [5, 5.41) is 8.68. The molecule has 2 nitrogen and oxygen atoms in total. The normalized spacial score (nSPS) is 24.2. The van der Waals surface area contributed by atoms with Gasteiger partial charge in [-0.1, -0.05) is 44.7 Å². The zero-order valence-corrected chi connectivity index (χ0v) is 13.4. The van der Waals surface area contributed by atoms with Gasteiger partial charge in [0.2, 0.25) is 0 Å². The molecule has 21 heavy (non-hydrogen) atoms. The quantitative estimate of drug-likeness (QED) is 0.857. The molecule has 0 aromatic heterocycles. The summed E-state index contributed by atoms with van der Waals surface area (Å²) in [6.07, 6.45) is 3.99. The highest BCUT2D eigenvalue weighted by Crippen LogP contribution is 2.39. The minimum atomic E-state index is -0.0967. The summed E-state index contributed by atoms with van der Waals surface area (Å²) in [5.74, 6) is 6.30. The van der Waals surface area contributed by atoms with Gasteiger partial charge in [-0.25, -0.2) is 0 Å². The Bertz CT molecular complexity index is 505. The Balaban J connectivity index is 1.88. The first-order chi connectivity index (χ1) is 9.98. The highest BCUT2D eigenvalue weighted by Gasteiger charge is 2.32. The van der Waals surface area contributed by atoms with Gasteiger partial charge in [0.05, 0.1) is 12.7 Å². The first kappa shape index (κ1) is 16.1. The number of aliphatic hydroxyl groups excluding tert-OH is 1. The number of rotatable bonds is 3. The lowest BCUT2D eigenvalue weighted by Crippen LogP contribution is -2.32. The highest BCUT2D eigenvalue weighted by molar-refractivity contribution is 5.36. The minimum Gasteiger partial charge on any atom is -0.384 e. The van der Waals surface area contributed by atoms with E-state index in [1.54, 1.807) is 0 Å². The van der Waals surface area contributed by atoms with Gasteiger partial charge in [-0.15, -0.1) is 0 Å². The SMILES string of the molecule is CC1CC(OCc2ccc(C#CCO)cc2)CC(C)(C)C1. The molecule has 2 atom stereocenters. The van der Waals surface area contributed by atoms with Gasteiger partial charge in [0.25, 0.3) is 0 Å². The second-order valence-electron chi connectivity index (χ2n) is 7.00. The lowest BCUT2D eigenvalue weighted by Gasteiger charge is -2.38. The Hall–Kier alpha value is -1.30. The van der Waals surface area contributed by atoms with E-state index in [9.17, 15) is 0 Å². The van der Waals surface area contributed by atoms with Crippen LogP contribution >= 0.6 is 0 Å². The molecule has 1 fully saturated rings. The molecule has 2 unspecified atom stereocenters. The third-order valence-corrected chi connectivity index (χ3v) is 4.10. The van der Waals surface area contributed by atoms with E-state index in [-0.39, 0.29) is 6.61 Å². The summed E-state index contributed by atoms with van der Waals surface area (Å²) < 4.78 is 6.12. The molecule has 0 amide bonds. The molecule has 0 bridgehead atoms. The van der Waals surface area contributed by atoms with Gasteiger partial charge in [-0.2, -0.15) is 0 Å². The molecule has 1 aliphatic carbocycles. The lowest BCUT2D eigenvalue weighted by atomic mass is 9.71. The van der Waals surface area contributed by atoms with Crippen molar-refractivity contribution in [3.8, 4) is 11.8 Å². The second kappa shape index (κ2) is 7.11. The van der Waals surface area contributed by atoms with E-state index in [4.69, 9.17) is 9.84 Å². The van der Waals surface area contributed by atoms with Crippen LogP contribution in [0.5, 0.6) is 0 Å². The van der Waals surface area contributed by atoms with Gasteiger partial charge in [0.15, 0.2) is 0 Å². The first-order valence-corrected chi connectivity index (χ1v) is 7.79. The smallest absolute Gasteiger partial charge is 0.104 e. The predicted molar refractivity (Wildman–Crippen MR) is 85.8 cm³/mol. The van der Waals surface area contributed by atoms with Crippen LogP contribution in [0.15, 0.2) is 24.3 Å². The molecule has 114 valence electrons. The van der Waals surface area contributed by atoms with Gasteiger partial charge in [0, 0.05) is 5.56 Å². The molecule has 1 aromatic carbocycles. The van der Waals surface area contributed by atoms with E-state index in [1.807, 2.05) is 12.1 Å². The molecule has 0 spiro atoms. The van der Waals surface area contributed by atoms with Crippen molar-refractivity contribution in [2.75, 3.05) is 6.61 Å². The van der Waals surface area contributed by atoms with E-state index >= 15 is 0 Å². The summed E-state index contributed by atoms with van der Waals surface area (Å²) in [4.78, 5) is 0. The Labute approximate surface area is 128 Å². The number of hydrogen-bond acceptors (Lipinski definition) is 2. The maximum atomic E-state index is 8.68. The summed E-state index contributed by atoms with van der Waals surface area (Å²) in [7, 11) is 0. The molecule has 2 rings (SSSR count). The van der Waals surface area contributed by atoms with Crippen molar-refractivity contribution < 1.29 is 9.84 Å². The van der Waals surface area contributed by atoms with Crippen LogP contribution in [0.25, 0.3) is 0 Å². The molecular formula is C19H26O2. The van der Waals surface area contributed by atoms with E-state index in [2.05, 4.69) is 44.7 Å². The van der Waals surface area contributed by atoms with E-state index in [0.29, 0.717) is 18.1 Å². The van der Waals surface area contributed by atoms with Crippen LogP contribution in [0.1, 0.15) is 51.2 Å². The fourth-order valence-corrected chi connectivity index (χ4v) is 3.43. The fourth-order valence-electron chi connectivity index (χ4n) is 3.43. The van der Waals surface area contributed by atoms with E-state index in [0.717, 1.165) is 17.9 Å². The largest absolute Gasteiger partial charge is 0.384 e. The molecule has 1 N–H and O–H groups in total. The van der Waals surface area contributed by atoms with E-state index < -0.39 is 0 Å². The predicted octanol–water partition coefficient (Wildman–Crippen LogP) is 3.76. The number of ether oxygens (including phenoxy) is 1. The van der Waals surface area contributed by atoms with Crippen molar-refractivity contribution in [2.24, 2.45) is 11.3 Å². The Kier molecular flexibility index (Phi) is 5.45. The summed E-state index contributed by atoms with van der Waals surface area (Å²) >= 11 is 0. The Morgan fingerprint density at radius 2 is 1.95 bits per heavy atom. The Morgan fingerprint density at radius 3 is 2.57 bits per heavy atom. The van der Waals surface area contributed by atoms with Gasteiger partial charge >= 0.3 is 0 Å². The zero-order chi connectivity index (χ0) is 15.3. The summed E-state index contributed by atoms with van der Waals surface area (Å²) in [6, 6.07) is 8.07. The molecule has 0 saturated heterocycles. The number of hydrogen-bond donors (Lipinski definition) is 1. The number of aliphatic hydroxyl groups is 1. The molecular weight excluding hydrogens is 260 g/mol. The average Bonchev–Trinajstić information content (AvgIpc) is 2.42. The third-order valence-electron chi connectivity index (χ3n) is 4.10. The summed E-state index contributed by atoms with van der Waals surface area (Å²) in [6.45, 7) is 7.58. The standard InChI is InChI=1S/C19H26O2/c1-15-11-18(13-19(2,3)12-15)21-14-17-8-6-16(7-9-17)5-4-10-20/h6-9,15,18,20H,10-14H2,1-3H3.